The maximum absolute atomic E-state index is 3.37. The number of rotatable bonds is 4. The lowest BCUT2D eigenvalue weighted by Crippen LogP contribution is -2.14. The average molecular weight is 121 g/mol. The van der Waals surface area contributed by atoms with Gasteiger partial charge in [-0.15, -0.1) is 0 Å². The molecular weight excluding hydrogens is 110 g/mol. The smallest absolute Gasteiger partial charge is 0.0170 e. The van der Waals surface area contributed by atoms with Crippen LogP contribution >= 0.6 is 0 Å². The molecule has 0 aliphatic heterocycles. The van der Waals surface area contributed by atoms with Gasteiger partial charge in [-0.05, 0) is 12.8 Å². The Balaban J connectivity index is 1.56. The van der Waals surface area contributed by atoms with E-state index < -0.39 is 0 Å². The second-order valence-electron chi connectivity index (χ2n) is 2.74. The molecule has 0 fully saturated rings. The lowest BCUT2D eigenvalue weighted by atomic mass is 10.4. The standard InChI is InChI=1S/C8H11N/c1-2-7(1)5-9-6-8-3-4-8/h1,3,9H,2,4-6H2. The summed E-state index contributed by atoms with van der Waals surface area (Å²) in [5.41, 5.74) is 3.16. The minimum Gasteiger partial charge on any atom is -0.309 e. The van der Waals surface area contributed by atoms with Crippen molar-refractivity contribution in [3.63, 3.8) is 0 Å². The fourth-order valence-corrected chi connectivity index (χ4v) is 0.817. The highest BCUT2D eigenvalue weighted by Crippen LogP contribution is 2.18. The zero-order chi connectivity index (χ0) is 6.10. The van der Waals surface area contributed by atoms with Crippen molar-refractivity contribution in [2.75, 3.05) is 13.1 Å². The minimum absolute atomic E-state index is 1.12. The van der Waals surface area contributed by atoms with Crippen LogP contribution in [0.3, 0.4) is 0 Å². The molecule has 2 aliphatic rings. The monoisotopic (exact) mass is 121 g/mol. The van der Waals surface area contributed by atoms with E-state index in [0.29, 0.717) is 0 Å². The first-order chi connectivity index (χ1) is 4.45. The average Bonchev–Trinajstić information content (AvgIpc) is 2.57. The van der Waals surface area contributed by atoms with Crippen molar-refractivity contribution in [1.82, 2.24) is 5.32 Å². The molecular formula is C8H11N. The van der Waals surface area contributed by atoms with E-state index in [0.717, 1.165) is 13.1 Å². The molecule has 0 saturated carbocycles. The summed E-state index contributed by atoms with van der Waals surface area (Å²) in [6.07, 6.45) is 7.06. The van der Waals surface area contributed by atoms with Gasteiger partial charge in [0.1, 0.15) is 0 Å². The van der Waals surface area contributed by atoms with Crippen molar-refractivity contribution in [2.24, 2.45) is 0 Å². The van der Waals surface area contributed by atoms with Crippen molar-refractivity contribution in [2.45, 2.75) is 12.8 Å². The Kier molecular flexibility index (Phi) is 1.16. The van der Waals surface area contributed by atoms with Crippen LogP contribution in [0.1, 0.15) is 12.8 Å². The van der Waals surface area contributed by atoms with Crippen molar-refractivity contribution in [3.05, 3.63) is 23.3 Å². The van der Waals surface area contributed by atoms with Crippen molar-refractivity contribution < 1.29 is 0 Å². The molecule has 0 amide bonds. The van der Waals surface area contributed by atoms with E-state index in [1.165, 1.54) is 12.8 Å². The summed E-state index contributed by atoms with van der Waals surface area (Å²) in [6.45, 7) is 2.24. The highest BCUT2D eigenvalue weighted by Gasteiger charge is 2.08. The number of hydrogen-bond acceptors (Lipinski definition) is 1. The zero-order valence-corrected chi connectivity index (χ0v) is 5.48. The van der Waals surface area contributed by atoms with Crippen LogP contribution in [0.25, 0.3) is 0 Å². The Morgan fingerprint density at radius 3 is 1.89 bits per heavy atom. The number of nitrogens with one attached hydrogen (secondary N) is 1. The first-order valence-electron chi connectivity index (χ1n) is 3.52. The van der Waals surface area contributed by atoms with Gasteiger partial charge in [-0.2, -0.15) is 0 Å². The first-order valence-corrected chi connectivity index (χ1v) is 3.52. The quantitative estimate of drug-likeness (QED) is 0.552. The summed E-state index contributed by atoms with van der Waals surface area (Å²) >= 11 is 0. The molecule has 2 aliphatic carbocycles. The summed E-state index contributed by atoms with van der Waals surface area (Å²) in [5, 5.41) is 3.37. The van der Waals surface area contributed by atoms with Crippen molar-refractivity contribution in [1.29, 1.82) is 0 Å². The van der Waals surface area contributed by atoms with E-state index in [1.54, 1.807) is 11.1 Å². The Bertz CT molecular complexity index is 157. The van der Waals surface area contributed by atoms with E-state index in [2.05, 4.69) is 17.5 Å². The van der Waals surface area contributed by atoms with Crippen LogP contribution in [0.4, 0.5) is 0 Å². The summed E-state index contributed by atoms with van der Waals surface area (Å²) in [5.74, 6) is 0. The molecule has 9 heavy (non-hydrogen) atoms. The van der Waals surface area contributed by atoms with Gasteiger partial charge < -0.3 is 5.32 Å². The Morgan fingerprint density at radius 1 is 1.11 bits per heavy atom. The molecule has 1 heteroatoms. The molecule has 0 radical (unpaired) electrons. The summed E-state index contributed by atoms with van der Waals surface area (Å²) in [7, 11) is 0. The van der Waals surface area contributed by atoms with Gasteiger partial charge in [0, 0.05) is 13.1 Å². The Labute approximate surface area is 55.5 Å². The van der Waals surface area contributed by atoms with Gasteiger partial charge in [-0.3, -0.25) is 0 Å². The fourth-order valence-electron chi connectivity index (χ4n) is 0.817. The van der Waals surface area contributed by atoms with Crippen LogP contribution in [0.5, 0.6) is 0 Å². The second-order valence-corrected chi connectivity index (χ2v) is 2.74. The summed E-state index contributed by atoms with van der Waals surface area (Å²) in [4.78, 5) is 0. The SMILES string of the molecule is C1=C(CNCC2=CC2)C1. The molecule has 0 saturated heterocycles. The first kappa shape index (κ1) is 5.24. The van der Waals surface area contributed by atoms with Gasteiger partial charge in [-0.1, -0.05) is 23.3 Å². The molecule has 0 heterocycles. The third kappa shape index (κ3) is 1.68. The van der Waals surface area contributed by atoms with E-state index in [4.69, 9.17) is 0 Å². The molecule has 0 bridgehead atoms. The second kappa shape index (κ2) is 1.99. The minimum atomic E-state index is 1.12. The topological polar surface area (TPSA) is 12.0 Å². The third-order valence-corrected chi connectivity index (χ3v) is 1.69. The van der Waals surface area contributed by atoms with Crippen LogP contribution in [0, 0.1) is 0 Å². The van der Waals surface area contributed by atoms with Crippen LogP contribution in [-0.4, -0.2) is 13.1 Å². The molecule has 0 aromatic rings. The van der Waals surface area contributed by atoms with Crippen LogP contribution in [0.2, 0.25) is 0 Å². The highest BCUT2D eigenvalue weighted by molar-refractivity contribution is 5.26. The summed E-state index contributed by atoms with van der Waals surface area (Å²) < 4.78 is 0. The number of allylic oxidation sites excluding steroid dienone is 2. The Hall–Kier alpha value is -0.560. The van der Waals surface area contributed by atoms with E-state index >= 15 is 0 Å². The predicted molar refractivity (Wildman–Crippen MR) is 38.3 cm³/mol. The van der Waals surface area contributed by atoms with Gasteiger partial charge in [0.15, 0.2) is 0 Å². The van der Waals surface area contributed by atoms with Gasteiger partial charge in [0.2, 0.25) is 0 Å². The lowest BCUT2D eigenvalue weighted by molar-refractivity contribution is 0.811. The van der Waals surface area contributed by atoms with Gasteiger partial charge in [-0.25, -0.2) is 0 Å². The van der Waals surface area contributed by atoms with Crippen molar-refractivity contribution >= 4 is 0 Å². The predicted octanol–water partition coefficient (Wildman–Crippen LogP) is 1.24. The van der Waals surface area contributed by atoms with E-state index in [9.17, 15) is 0 Å². The molecule has 0 spiro atoms. The zero-order valence-electron chi connectivity index (χ0n) is 5.48. The fraction of sp³-hybridized carbons (Fsp3) is 0.500. The molecule has 0 unspecified atom stereocenters. The maximum Gasteiger partial charge on any atom is 0.0170 e. The lowest BCUT2D eigenvalue weighted by Gasteiger charge is -1.95. The van der Waals surface area contributed by atoms with Crippen LogP contribution in [0.15, 0.2) is 23.3 Å². The molecule has 2 rings (SSSR count). The molecule has 1 N–H and O–H groups in total. The molecule has 1 nitrogen and oxygen atoms in total. The molecule has 0 aromatic carbocycles. The maximum atomic E-state index is 3.37. The highest BCUT2D eigenvalue weighted by atomic mass is 14.9. The molecule has 48 valence electrons. The molecule has 0 atom stereocenters. The number of hydrogen-bond donors (Lipinski definition) is 1. The third-order valence-electron chi connectivity index (χ3n) is 1.69. The largest absolute Gasteiger partial charge is 0.309 e. The Morgan fingerprint density at radius 2 is 1.56 bits per heavy atom. The van der Waals surface area contributed by atoms with Crippen molar-refractivity contribution in [3.8, 4) is 0 Å². The summed E-state index contributed by atoms with van der Waals surface area (Å²) in [6, 6.07) is 0. The van der Waals surface area contributed by atoms with Crippen LogP contribution in [-0.2, 0) is 0 Å². The molecule has 0 aromatic heterocycles. The van der Waals surface area contributed by atoms with E-state index in [1.807, 2.05) is 0 Å². The van der Waals surface area contributed by atoms with Gasteiger partial charge >= 0.3 is 0 Å². The van der Waals surface area contributed by atoms with E-state index in [-0.39, 0.29) is 0 Å². The normalized spacial score (nSPS) is 20.9. The van der Waals surface area contributed by atoms with Gasteiger partial charge in [0.05, 0.1) is 0 Å². The van der Waals surface area contributed by atoms with Gasteiger partial charge in [0.25, 0.3) is 0 Å². The van der Waals surface area contributed by atoms with Crippen LogP contribution < -0.4 is 5.32 Å².